The smallest absolute Gasteiger partial charge is 0.294 e. The van der Waals surface area contributed by atoms with E-state index in [0.717, 1.165) is 4.34 Å². The number of rotatable bonds is 6. The molecular formula is C15H13FN6OS2. The molecule has 128 valence electrons. The number of aryl methyl sites for hydroxylation is 1. The van der Waals surface area contributed by atoms with E-state index in [1.165, 1.54) is 39.9 Å². The number of hydrogen-bond donors (Lipinski definition) is 1. The number of aromatic nitrogens is 5. The van der Waals surface area contributed by atoms with Crippen LogP contribution in [0.2, 0.25) is 0 Å². The summed E-state index contributed by atoms with van der Waals surface area (Å²) in [6.07, 6.45) is 1.76. The molecule has 1 amide bonds. The minimum atomic E-state index is -0.486. The van der Waals surface area contributed by atoms with Crippen molar-refractivity contribution in [2.45, 2.75) is 11.3 Å². The molecule has 0 fully saturated rings. The lowest BCUT2D eigenvalue weighted by atomic mass is 10.3. The number of carbonyl (C=O) groups is 1. The molecule has 3 aromatic rings. The fourth-order valence-electron chi connectivity index (χ4n) is 1.91. The molecule has 25 heavy (non-hydrogen) atoms. The Morgan fingerprint density at radius 1 is 1.40 bits per heavy atom. The van der Waals surface area contributed by atoms with Crippen molar-refractivity contribution in [3.63, 3.8) is 0 Å². The van der Waals surface area contributed by atoms with Gasteiger partial charge in [-0.05, 0) is 31.2 Å². The van der Waals surface area contributed by atoms with Crippen LogP contribution in [0.25, 0.3) is 5.69 Å². The molecule has 0 saturated carbocycles. The summed E-state index contributed by atoms with van der Waals surface area (Å²) in [6, 6.07) is 5.76. The molecule has 0 unspecified atom stereocenters. The van der Waals surface area contributed by atoms with Crippen LogP contribution < -0.4 is 5.32 Å². The summed E-state index contributed by atoms with van der Waals surface area (Å²) in [6.45, 7) is 5.35. The van der Waals surface area contributed by atoms with Gasteiger partial charge in [0.05, 0.1) is 5.69 Å². The maximum atomic E-state index is 13.0. The van der Waals surface area contributed by atoms with Gasteiger partial charge in [0.2, 0.25) is 11.0 Å². The van der Waals surface area contributed by atoms with Crippen LogP contribution in [-0.2, 0) is 0 Å². The normalized spacial score (nSPS) is 10.6. The topological polar surface area (TPSA) is 85.6 Å². The Bertz CT molecular complexity index is 905. The van der Waals surface area contributed by atoms with E-state index in [0.29, 0.717) is 22.4 Å². The predicted octanol–water partition coefficient (Wildman–Crippen LogP) is 3.10. The van der Waals surface area contributed by atoms with Crippen molar-refractivity contribution in [1.82, 2.24) is 25.0 Å². The predicted molar refractivity (Wildman–Crippen MR) is 94.8 cm³/mol. The quantitative estimate of drug-likeness (QED) is 0.404. The second kappa shape index (κ2) is 7.53. The van der Waals surface area contributed by atoms with Crippen molar-refractivity contribution in [3.05, 3.63) is 54.4 Å². The molecule has 0 bridgehead atoms. The summed E-state index contributed by atoms with van der Waals surface area (Å²) >= 11 is 2.74. The van der Waals surface area contributed by atoms with Crippen LogP contribution in [0.15, 0.2) is 41.3 Å². The van der Waals surface area contributed by atoms with E-state index >= 15 is 0 Å². The maximum Gasteiger partial charge on any atom is 0.297 e. The first-order valence-corrected chi connectivity index (χ1v) is 8.95. The van der Waals surface area contributed by atoms with Gasteiger partial charge >= 0.3 is 0 Å². The minimum absolute atomic E-state index is 0.00248. The molecule has 2 aromatic heterocycles. The van der Waals surface area contributed by atoms with Crippen LogP contribution in [-0.4, -0.2) is 36.6 Å². The Labute approximate surface area is 151 Å². The first-order chi connectivity index (χ1) is 12.1. The molecule has 0 spiro atoms. The number of halogens is 1. The van der Waals surface area contributed by atoms with Crippen molar-refractivity contribution in [1.29, 1.82) is 0 Å². The van der Waals surface area contributed by atoms with Crippen molar-refractivity contribution in [3.8, 4) is 5.69 Å². The number of anilines is 1. The molecule has 0 saturated heterocycles. The number of amides is 1. The first kappa shape index (κ1) is 17.2. The Morgan fingerprint density at radius 2 is 2.16 bits per heavy atom. The first-order valence-electron chi connectivity index (χ1n) is 7.15. The molecule has 0 aliphatic rings. The van der Waals surface area contributed by atoms with E-state index in [9.17, 15) is 9.18 Å². The van der Waals surface area contributed by atoms with Crippen LogP contribution in [0.5, 0.6) is 0 Å². The highest BCUT2D eigenvalue weighted by Gasteiger charge is 2.17. The zero-order valence-corrected chi connectivity index (χ0v) is 14.8. The summed E-state index contributed by atoms with van der Waals surface area (Å²) in [4.78, 5) is 16.4. The third kappa shape index (κ3) is 4.09. The fourth-order valence-corrected chi connectivity index (χ4v) is 3.42. The Kier molecular flexibility index (Phi) is 5.19. The maximum absolute atomic E-state index is 13.0. The van der Waals surface area contributed by atoms with E-state index in [1.54, 1.807) is 25.1 Å². The van der Waals surface area contributed by atoms with Crippen LogP contribution in [0, 0.1) is 12.7 Å². The van der Waals surface area contributed by atoms with Gasteiger partial charge in [-0.2, -0.15) is 0 Å². The molecule has 7 nitrogen and oxygen atoms in total. The molecule has 1 N–H and O–H groups in total. The van der Waals surface area contributed by atoms with Crippen LogP contribution in [0.4, 0.5) is 9.52 Å². The molecule has 0 radical (unpaired) electrons. The largest absolute Gasteiger partial charge is 0.297 e. The van der Waals surface area contributed by atoms with Gasteiger partial charge < -0.3 is 0 Å². The molecular weight excluding hydrogens is 363 g/mol. The van der Waals surface area contributed by atoms with E-state index < -0.39 is 5.91 Å². The molecule has 0 atom stereocenters. The van der Waals surface area contributed by atoms with E-state index in [4.69, 9.17) is 0 Å². The number of thioether (sulfide) groups is 1. The zero-order valence-electron chi connectivity index (χ0n) is 13.1. The van der Waals surface area contributed by atoms with Gasteiger partial charge in [0.25, 0.3) is 5.91 Å². The van der Waals surface area contributed by atoms with Crippen LogP contribution in [0.3, 0.4) is 0 Å². The van der Waals surface area contributed by atoms with Gasteiger partial charge in [-0.25, -0.2) is 14.1 Å². The molecule has 10 heteroatoms. The second-order valence-electron chi connectivity index (χ2n) is 4.80. The third-order valence-electron chi connectivity index (χ3n) is 2.99. The summed E-state index contributed by atoms with van der Waals surface area (Å²) in [5.41, 5.74) is 0.615. The van der Waals surface area contributed by atoms with Gasteiger partial charge in [-0.1, -0.05) is 29.2 Å². The van der Waals surface area contributed by atoms with E-state index in [2.05, 4.69) is 32.2 Å². The average molecular weight is 376 g/mol. The van der Waals surface area contributed by atoms with Gasteiger partial charge in [-0.3, -0.25) is 10.1 Å². The standard InChI is InChI=1S/C15H13FN6OS2/c1-3-8-24-15-20-19-14(25-15)18-13(23)12-17-9(2)22(21-12)11-6-4-10(16)5-7-11/h3-7H,1,8H2,2H3,(H,18,19,23). The highest BCUT2D eigenvalue weighted by atomic mass is 32.2. The van der Waals surface area contributed by atoms with Gasteiger partial charge in [0.15, 0.2) is 4.34 Å². The number of benzene rings is 1. The molecule has 2 heterocycles. The minimum Gasteiger partial charge on any atom is -0.294 e. The average Bonchev–Trinajstić information content (AvgIpc) is 3.20. The highest BCUT2D eigenvalue weighted by Crippen LogP contribution is 2.25. The van der Waals surface area contributed by atoms with E-state index in [1.807, 2.05) is 0 Å². The SMILES string of the molecule is C=CCSc1nnc(NC(=O)c2nc(C)n(-c3ccc(F)cc3)n2)s1. The molecule has 0 aliphatic heterocycles. The van der Waals surface area contributed by atoms with Crippen molar-refractivity contribution < 1.29 is 9.18 Å². The fraction of sp³-hybridized carbons (Fsp3) is 0.133. The highest BCUT2D eigenvalue weighted by molar-refractivity contribution is 8.01. The number of nitrogens with one attached hydrogen (secondary N) is 1. The Morgan fingerprint density at radius 3 is 2.88 bits per heavy atom. The lowest BCUT2D eigenvalue weighted by molar-refractivity contribution is 0.101. The molecule has 3 rings (SSSR count). The number of hydrogen-bond acceptors (Lipinski definition) is 7. The number of carbonyl (C=O) groups excluding carboxylic acids is 1. The Hall–Kier alpha value is -2.59. The lowest BCUT2D eigenvalue weighted by Crippen LogP contribution is -2.14. The van der Waals surface area contributed by atoms with Crippen LogP contribution >= 0.6 is 23.1 Å². The van der Waals surface area contributed by atoms with E-state index in [-0.39, 0.29) is 11.6 Å². The molecule has 0 aliphatic carbocycles. The van der Waals surface area contributed by atoms with Crippen molar-refractivity contribution in [2.24, 2.45) is 0 Å². The summed E-state index contributed by atoms with van der Waals surface area (Å²) in [5.74, 6) is 0.389. The van der Waals surface area contributed by atoms with Crippen molar-refractivity contribution >= 4 is 34.1 Å². The third-order valence-corrected chi connectivity index (χ3v) is 4.96. The van der Waals surface area contributed by atoms with Gasteiger partial charge in [-0.15, -0.1) is 21.9 Å². The van der Waals surface area contributed by atoms with Gasteiger partial charge in [0.1, 0.15) is 11.6 Å². The second-order valence-corrected chi connectivity index (χ2v) is 7.04. The number of nitrogens with zero attached hydrogens (tertiary/aromatic N) is 5. The summed E-state index contributed by atoms with van der Waals surface area (Å²) in [5, 5.41) is 15.0. The van der Waals surface area contributed by atoms with Gasteiger partial charge in [0, 0.05) is 5.75 Å². The lowest BCUT2D eigenvalue weighted by Gasteiger charge is -2.01. The summed E-state index contributed by atoms with van der Waals surface area (Å²) in [7, 11) is 0. The monoisotopic (exact) mass is 376 g/mol. The molecule has 1 aromatic carbocycles. The Balaban J connectivity index is 1.74. The summed E-state index contributed by atoms with van der Waals surface area (Å²) < 4.78 is 15.2. The van der Waals surface area contributed by atoms with Crippen LogP contribution in [0.1, 0.15) is 16.4 Å². The zero-order chi connectivity index (χ0) is 17.8. The van der Waals surface area contributed by atoms with Crippen molar-refractivity contribution in [2.75, 3.05) is 11.1 Å².